The second kappa shape index (κ2) is 8.62. The molecule has 0 saturated heterocycles. The molecule has 0 saturated carbocycles. The molecule has 0 N–H and O–H groups in total. The summed E-state index contributed by atoms with van der Waals surface area (Å²) in [4.78, 5) is 0.255. The second-order valence-corrected chi connectivity index (χ2v) is 8.56. The summed E-state index contributed by atoms with van der Waals surface area (Å²) in [7, 11) is -2.13. The highest BCUT2D eigenvalue weighted by Crippen LogP contribution is 2.24. The molecule has 0 fully saturated rings. The average molecular weight is 404 g/mol. The summed E-state index contributed by atoms with van der Waals surface area (Å²) in [6.07, 6.45) is 2.25. The van der Waals surface area contributed by atoms with Crippen LogP contribution in [0.25, 0.3) is 0 Å². The van der Waals surface area contributed by atoms with Crippen molar-refractivity contribution in [2.45, 2.75) is 38.3 Å². The van der Waals surface area contributed by atoms with Crippen molar-refractivity contribution in [2.75, 3.05) is 13.7 Å². The first-order chi connectivity index (χ1) is 13.4. The van der Waals surface area contributed by atoms with E-state index in [4.69, 9.17) is 9.15 Å². The van der Waals surface area contributed by atoms with Crippen LogP contribution in [-0.4, -0.2) is 36.2 Å². The molecule has 0 aliphatic heterocycles. The van der Waals surface area contributed by atoms with E-state index in [2.05, 4.69) is 5.10 Å². The summed E-state index contributed by atoms with van der Waals surface area (Å²) in [5, 5.41) is 4.43. The normalized spacial score (nSPS) is 11.9. The molecule has 2 heterocycles. The van der Waals surface area contributed by atoms with Crippen LogP contribution in [0.4, 0.5) is 0 Å². The molecule has 7 nitrogen and oxygen atoms in total. The number of sulfonamides is 1. The van der Waals surface area contributed by atoms with Gasteiger partial charge < -0.3 is 9.15 Å². The van der Waals surface area contributed by atoms with Gasteiger partial charge in [0.05, 0.1) is 30.8 Å². The van der Waals surface area contributed by atoms with Crippen LogP contribution in [0.2, 0.25) is 0 Å². The summed E-state index contributed by atoms with van der Waals surface area (Å²) in [6, 6.07) is 13.1. The molecular weight excluding hydrogens is 378 g/mol. The Balaban J connectivity index is 1.66. The molecule has 1 aromatic carbocycles. The maximum atomic E-state index is 13.0. The smallest absolute Gasteiger partial charge is 0.246 e. The van der Waals surface area contributed by atoms with E-state index in [1.165, 1.54) is 10.6 Å². The van der Waals surface area contributed by atoms with Crippen LogP contribution in [0, 0.1) is 13.8 Å². The first-order valence-electron chi connectivity index (χ1n) is 9.10. The molecule has 0 aliphatic carbocycles. The minimum atomic E-state index is -3.67. The van der Waals surface area contributed by atoms with Crippen molar-refractivity contribution in [1.29, 1.82) is 0 Å². The Morgan fingerprint density at radius 1 is 1.14 bits per heavy atom. The van der Waals surface area contributed by atoms with E-state index < -0.39 is 10.0 Å². The monoisotopic (exact) mass is 403 g/mol. The fourth-order valence-electron chi connectivity index (χ4n) is 3.06. The van der Waals surface area contributed by atoms with Crippen molar-refractivity contribution in [1.82, 2.24) is 14.1 Å². The lowest BCUT2D eigenvalue weighted by Crippen LogP contribution is -2.27. The number of para-hydroxylation sites is 1. The van der Waals surface area contributed by atoms with Gasteiger partial charge in [-0.15, -0.1) is 0 Å². The van der Waals surface area contributed by atoms with Gasteiger partial charge in [-0.2, -0.15) is 9.40 Å². The van der Waals surface area contributed by atoms with Crippen LogP contribution in [0.15, 0.2) is 58.0 Å². The third-order valence-electron chi connectivity index (χ3n) is 4.47. The highest BCUT2D eigenvalue weighted by atomic mass is 32.2. The summed E-state index contributed by atoms with van der Waals surface area (Å²) >= 11 is 0. The number of hydrogen-bond donors (Lipinski definition) is 0. The van der Waals surface area contributed by atoms with Gasteiger partial charge in [-0.1, -0.05) is 18.2 Å². The molecular formula is C20H25N3O4S. The maximum absolute atomic E-state index is 13.0. The molecule has 3 aromatic rings. The molecule has 8 heteroatoms. The second-order valence-electron chi connectivity index (χ2n) is 6.58. The Hall–Kier alpha value is -2.58. The van der Waals surface area contributed by atoms with Crippen LogP contribution in [0.1, 0.15) is 23.6 Å². The lowest BCUT2D eigenvalue weighted by atomic mass is 10.3. The van der Waals surface area contributed by atoms with Gasteiger partial charge in [0.15, 0.2) is 0 Å². The zero-order valence-electron chi connectivity index (χ0n) is 16.3. The first kappa shape index (κ1) is 20.2. The number of aryl methyl sites for hydroxylation is 2. The van der Waals surface area contributed by atoms with Crippen molar-refractivity contribution in [3.63, 3.8) is 0 Å². The number of rotatable bonds is 9. The van der Waals surface area contributed by atoms with E-state index in [9.17, 15) is 8.42 Å². The van der Waals surface area contributed by atoms with Gasteiger partial charge in [0.2, 0.25) is 10.0 Å². The lowest BCUT2D eigenvalue weighted by Gasteiger charge is -2.16. The quantitative estimate of drug-likeness (QED) is 0.512. The number of ether oxygens (including phenoxy) is 1. The van der Waals surface area contributed by atoms with Crippen molar-refractivity contribution in [3.05, 3.63) is 65.9 Å². The molecule has 0 spiro atoms. The van der Waals surface area contributed by atoms with Crippen LogP contribution in [0.3, 0.4) is 0 Å². The molecule has 0 bridgehead atoms. The lowest BCUT2D eigenvalue weighted by molar-refractivity contribution is 0.298. The van der Waals surface area contributed by atoms with Gasteiger partial charge in [-0.25, -0.2) is 8.42 Å². The van der Waals surface area contributed by atoms with E-state index >= 15 is 0 Å². The van der Waals surface area contributed by atoms with Gasteiger partial charge in [0.1, 0.15) is 16.4 Å². The molecule has 2 aromatic heterocycles. The van der Waals surface area contributed by atoms with Gasteiger partial charge >= 0.3 is 0 Å². The average Bonchev–Trinajstić information content (AvgIpc) is 3.27. The van der Waals surface area contributed by atoms with E-state index in [0.717, 1.165) is 12.2 Å². The van der Waals surface area contributed by atoms with Gasteiger partial charge in [0.25, 0.3) is 0 Å². The van der Waals surface area contributed by atoms with Gasteiger partial charge in [-0.3, -0.25) is 4.68 Å². The first-order valence-corrected chi connectivity index (χ1v) is 10.5. The molecule has 0 amide bonds. The topological polar surface area (TPSA) is 77.6 Å². The van der Waals surface area contributed by atoms with Crippen LogP contribution >= 0.6 is 0 Å². The maximum Gasteiger partial charge on any atom is 0.246 e. The molecule has 150 valence electrons. The largest absolute Gasteiger partial charge is 0.494 e. The Morgan fingerprint density at radius 3 is 2.57 bits per heavy atom. The predicted molar refractivity (Wildman–Crippen MR) is 106 cm³/mol. The highest BCUT2D eigenvalue weighted by Gasteiger charge is 2.29. The van der Waals surface area contributed by atoms with E-state index in [1.54, 1.807) is 37.7 Å². The van der Waals surface area contributed by atoms with Crippen molar-refractivity contribution < 1.29 is 17.6 Å². The molecule has 0 aliphatic rings. The van der Waals surface area contributed by atoms with Crippen molar-refractivity contribution in [3.8, 4) is 5.75 Å². The number of aromatic nitrogens is 2. The fourth-order valence-corrected chi connectivity index (χ4v) is 4.56. The molecule has 28 heavy (non-hydrogen) atoms. The summed E-state index contributed by atoms with van der Waals surface area (Å²) in [5.74, 6) is 1.41. The number of hydrogen-bond acceptors (Lipinski definition) is 5. The zero-order valence-corrected chi connectivity index (χ0v) is 17.1. The van der Waals surface area contributed by atoms with Crippen molar-refractivity contribution in [2.24, 2.45) is 0 Å². The minimum Gasteiger partial charge on any atom is -0.494 e. The Morgan fingerprint density at radius 2 is 1.89 bits per heavy atom. The standard InChI is InChI=1S/C20H25N3O4S/c1-16-20(28(24,25)22(3)15-19-11-7-13-27-19)17(2)23(21-16)12-8-14-26-18-9-5-4-6-10-18/h4-7,9-11,13H,8,12,14-15H2,1-3H3. The molecule has 3 rings (SSSR count). The predicted octanol–water partition coefficient (Wildman–Crippen LogP) is 3.38. The van der Waals surface area contributed by atoms with Crippen molar-refractivity contribution >= 4 is 10.0 Å². The van der Waals surface area contributed by atoms with E-state index in [0.29, 0.717) is 30.3 Å². The summed E-state index contributed by atoms with van der Waals surface area (Å²) in [6.45, 7) is 4.79. The zero-order chi connectivity index (χ0) is 20.1. The van der Waals surface area contributed by atoms with Gasteiger partial charge in [-0.05, 0) is 38.1 Å². The Bertz CT molecular complexity index is 996. The van der Waals surface area contributed by atoms with Gasteiger partial charge in [0, 0.05) is 20.0 Å². The molecule has 0 unspecified atom stereocenters. The SMILES string of the molecule is Cc1nn(CCCOc2ccccc2)c(C)c1S(=O)(=O)N(C)Cc1ccco1. The van der Waals surface area contributed by atoms with Crippen LogP contribution in [0.5, 0.6) is 5.75 Å². The minimum absolute atomic E-state index is 0.171. The third-order valence-corrected chi connectivity index (χ3v) is 6.52. The van der Waals surface area contributed by atoms with Crippen LogP contribution in [-0.2, 0) is 23.1 Å². The molecule has 0 radical (unpaired) electrons. The number of nitrogens with zero attached hydrogens (tertiary/aromatic N) is 3. The fraction of sp³-hybridized carbons (Fsp3) is 0.350. The Labute approximate surface area is 165 Å². The summed E-state index contributed by atoms with van der Waals surface area (Å²) in [5.41, 5.74) is 1.12. The number of furan rings is 1. The third kappa shape index (κ3) is 4.45. The van der Waals surface area contributed by atoms with Crippen LogP contribution < -0.4 is 4.74 Å². The Kier molecular flexibility index (Phi) is 6.21. The summed E-state index contributed by atoms with van der Waals surface area (Å²) < 4.78 is 40.0. The van der Waals surface area contributed by atoms with E-state index in [-0.39, 0.29) is 11.4 Å². The highest BCUT2D eigenvalue weighted by molar-refractivity contribution is 7.89. The van der Waals surface area contributed by atoms with E-state index in [1.807, 2.05) is 30.3 Å². The number of benzene rings is 1. The molecule has 0 atom stereocenters.